The predicted octanol–water partition coefficient (Wildman–Crippen LogP) is 36.4. The number of para-hydroxylation sites is 10. The summed E-state index contributed by atoms with van der Waals surface area (Å²) in [5, 5.41) is 37.1. The highest BCUT2D eigenvalue weighted by Gasteiger charge is 2.32. The molecule has 0 amide bonds. The summed E-state index contributed by atoms with van der Waals surface area (Å²) >= 11 is 0. The van der Waals surface area contributed by atoms with Crippen molar-refractivity contribution in [3.05, 3.63) is 490 Å². The molecule has 0 aliphatic heterocycles. The fourth-order valence-corrected chi connectivity index (χ4v) is 25.1. The van der Waals surface area contributed by atoms with Crippen LogP contribution in [0.15, 0.2) is 479 Å². The molecule has 680 valence electrons. The van der Waals surface area contributed by atoms with Gasteiger partial charge in [0.15, 0.2) is 0 Å². The van der Waals surface area contributed by atoms with Crippen LogP contribution in [0, 0.1) is 18.3 Å². The summed E-state index contributed by atoms with van der Waals surface area (Å²) in [6.07, 6.45) is 0. The van der Waals surface area contributed by atoms with E-state index >= 15 is 0 Å². The quantitative estimate of drug-likeness (QED) is 0.0525. The number of nitrogens with zero attached hydrogens (tertiary/aromatic N) is 7. The van der Waals surface area contributed by atoms with Crippen molar-refractivity contribution in [3.8, 4) is 6.07 Å². The summed E-state index contributed by atoms with van der Waals surface area (Å²) < 4.78 is 0. The molecule has 24 aromatic rings. The lowest BCUT2D eigenvalue weighted by atomic mass is 9.89. The van der Waals surface area contributed by atoms with E-state index in [4.69, 9.17) is 0 Å². The van der Waals surface area contributed by atoms with Crippen molar-refractivity contribution in [1.82, 2.24) is 0 Å². The van der Waals surface area contributed by atoms with Gasteiger partial charge in [-0.05, 0) is 248 Å². The van der Waals surface area contributed by atoms with Crippen molar-refractivity contribution in [2.75, 3.05) is 29.4 Å². The second-order valence-electron chi connectivity index (χ2n) is 39.9. The van der Waals surface area contributed by atoms with Gasteiger partial charge in [-0.3, -0.25) is 0 Å². The number of hydrogen-bond acceptors (Lipinski definition) is 7. The minimum Gasteiger partial charge on any atom is -0.310 e. The lowest BCUT2D eigenvalue weighted by molar-refractivity contribution is 1.29. The zero-order valence-corrected chi connectivity index (χ0v) is 84.2. The van der Waals surface area contributed by atoms with Crippen LogP contribution in [-0.2, 0) is 0 Å². The van der Waals surface area contributed by atoms with E-state index in [1.807, 2.05) is 30.3 Å². The van der Waals surface area contributed by atoms with Gasteiger partial charge in [0.2, 0.25) is 0 Å². The summed E-state index contributed by atoms with van der Waals surface area (Å²) in [5.74, 6) is 0. The van der Waals surface area contributed by atoms with Crippen LogP contribution in [0.4, 0.5) is 102 Å². The standard InChI is InChI=1S/C47H46N2Si2.C43H36N2Si.C41H27N3/c1-33-32-45(49(36-16-12-9-13-17-36)38-22-26-40(27-23-38)51(5,6)7)43-28-18-34-19-31-44(42-30-29-41(33)47(43)46(34)42)48(35-14-10-8-11-15-35)37-20-24-39(25-21-37)50(2,3)4;1-46(2,3)41-30-40(45(34-20-12-6-13-21-34)35-22-14-7-15-23-35)37-26-24-31-25-29-39(36-27-28-38(41)43(37)42(31)36)44(32-16-8-4-9-17-32)33-18-10-5-11-19-33;42-28-30-27-39(44(33-17-9-3-10-18-33)34-19-11-4-12-20-34)37-23-21-29-22-26-38(36-25-24-35(30)41(37)40(29)36)43(31-13-5-1-6-14-31)32-15-7-2-8-16-32/h8-32H,1-7H3;4-30H,1-3H3;1-27H. The third-order valence-electron chi connectivity index (χ3n) is 27.9. The zero-order chi connectivity index (χ0) is 96.2. The number of aryl methyl sites for hydroxylation is 1. The first kappa shape index (κ1) is 89.5. The Kier molecular flexibility index (Phi) is 23.7. The van der Waals surface area contributed by atoms with E-state index in [2.05, 4.69) is 550 Å². The van der Waals surface area contributed by atoms with Crippen molar-refractivity contribution in [3.63, 3.8) is 0 Å². The number of anilines is 18. The molecule has 0 saturated heterocycles. The fraction of sp³-hybridized carbons (Fsp3) is 0.0763. The van der Waals surface area contributed by atoms with E-state index in [0.29, 0.717) is 5.56 Å². The summed E-state index contributed by atoms with van der Waals surface area (Å²) in [4.78, 5) is 14.3. The van der Waals surface area contributed by atoms with E-state index < -0.39 is 24.2 Å². The van der Waals surface area contributed by atoms with Crippen molar-refractivity contribution in [2.45, 2.75) is 65.8 Å². The second kappa shape index (κ2) is 37.3. The molecule has 0 radical (unpaired) electrons. The minimum absolute atomic E-state index is 0.659. The van der Waals surface area contributed by atoms with Crippen LogP contribution in [-0.4, -0.2) is 24.2 Å². The average molecular weight is 1870 g/mol. The van der Waals surface area contributed by atoms with Gasteiger partial charge in [0.05, 0.1) is 70.0 Å². The van der Waals surface area contributed by atoms with Crippen LogP contribution < -0.4 is 45.0 Å². The molecule has 0 N–H and O–H groups in total. The highest BCUT2D eigenvalue weighted by molar-refractivity contribution is 6.91. The Labute approximate surface area is 829 Å². The smallest absolute Gasteiger partial charge is 0.0998 e. The van der Waals surface area contributed by atoms with E-state index in [9.17, 15) is 5.26 Å². The Morgan fingerprint density at radius 2 is 0.383 bits per heavy atom. The van der Waals surface area contributed by atoms with E-state index in [1.54, 1.807) is 0 Å². The first-order valence-corrected chi connectivity index (χ1v) is 59.4. The van der Waals surface area contributed by atoms with Crippen LogP contribution in [0.1, 0.15) is 11.1 Å². The molecule has 0 saturated carbocycles. The number of benzene rings is 24. The Morgan fingerprint density at radius 1 is 0.177 bits per heavy atom. The van der Waals surface area contributed by atoms with Crippen LogP contribution in [0.2, 0.25) is 58.9 Å². The Bertz CT molecular complexity index is 8490. The van der Waals surface area contributed by atoms with Gasteiger partial charge in [0.25, 0.3) is 0 Å². The van der Waals surface area contributed by atoms with E-state index in [0.717, 1.165) is 101 Å². The molecule has 24 aromatic carbocycles. The molecule has 0 atom stereocenters. The van der Waals surface area contributed by atoms with Gasteiger partial charge in [-0.1, -0.05) is 372 Å². The maximum absolute atomic E-state index is 10.5. The van der Waals surface area contributed by atoms with Gasteiger partial charge < -0.3 is 29.4 Å². The van der Waals surface area contributed by atoms with Gasteiger partial charge in [0, 0.05) is 111 Å². The Morgan fingerprint density at radius 3 is 0.652 bits per heavy atom. The van der Waals surface area contributed by atoms with Gasteiger partial charge in [-0.25, -0.2) is 0 Å². The maximum Gasteiger partial charge on any atom is 0.0998 e. The lowest BCUT2D eigenvalue weighted by Gasteiger charge is -2.31. The molecule has 0 fully saturated rings. The minimum atomic E-state index is -1.78. The molecular formula is C131H109N7Si3. The van der Waals surface area contributed by atoms with Crippen LogP contribution in [0.25, 0.3) is 97.0 Å². The third kappa shape index (κ3) is 16.8. The maximum atomic E-state index is 10.5. The van der Waals surface area contributed by atoms with Crippen molar-refractivity contribution >= 4 is 239 Å². The molecule has 10 heteroatoms. The monoisotopic (exact) mass is 1860 g/mol. The van der Waals surface area contributed by atoms with Crippen molar-refractivity contribution < 1.29 is 0 Å². The van der Waals surface area contributed by atoms with Crippen LogP contribution in [0.3, 0.4) is 0 Å². The Balaban J connectivity index is 0.000000122. The topological polar surface area (TPSA) is 43.2 Å². The second-order valence-corrected chi connectivity index (χ2v) is 55.1. The molecule has 0 heterocycles. The molecule has 0 aliphatic rings. The molecule has 0 spiro atoms. The Hall–Kier alpha value is -16.7. The zero-order valence-electron chi connectivity index (χ0n) is 81.2. The van der Waals surface area contributed by atoms with Gasteiger partial charge in [0.1, 0.15) is 0 Å². The molecule has 0 unspecified atom stereocenters. The van der Waals surface area contributed by atoms with E-state index in [-0.39, 0.29) is 0 Å². The largest absolute Gasteiger partial charge is 0.310 e. The molecule has 0 aromatic heterocycles. The van der Waals surface area contributed by atoms with Crippen molar-refractivity contribution in [1.29, 1.82) is 5.26 Å². The normalized spacial score (nSPS) is 11.8. The van der Waals surface area contributed by atoms with Crippen LogP contribution >= 0.6 is 0 Å². The summed E-state index contributed by atoms with van der Waals surface area (Å²) in [6, 6.07) is 176. The SMILES string of the molecule is C[Si](C)(C)c1cc(N(c2ccccc2)c2ccccc2)c2ccc3ccc(N(c4ccccc4)c4ccccc4)c4ccc1c2c34.Cc1cc(N(c2ccccc2)c2ccc([Si](C)(C)C)cc2)c2ccc3ccc(N(c4ccccc4)c4ccc([Si](C)(C)C)cc4)c4ccc1c2c34.N#Cc1cc(N(c2ccccc2)c2ccccc2)c2ccc3ccc(N(c4ccccc4)c4ccccc4)c4ccc1c2c34. The average Bonchev–Trinajstić information content (AvgIpc) is 0.715. The third-order valence-corrected chi connectivity index (χ3v) is 34.1. The summed E-state index contributed by atoms with van der Waals surface area (Å²) in [6.45, 7) is 24.2. The molecule has 7 nitrogen and oxygen atoms in total. The molecular weight excluding hydrogens is 1760 g/mol. The first-order valence-electron chi connectivity index (χ1n) is 48.9. The lowest BCUT2D eigenvalue weighted by Crippen LogP contribution is -2.38. The van der Waals surface area contributed by atoms with Gasteiger partial charge in [-0.2, -0.15) is 5.26 Å². The van der Waals surface area contributed by atoms with Gasteiger partial charge >= 0.3 is 0 Å². The number of rotatable bonds is 21. The number of nitriles is 1. The molecule has 141 heavy (non-hydrogen) atoms. The first-order chi connectivity index (χ1) is 68.8. The van der Waals surface area contributed by atoms with Crippen molar-refractivity contribution in [2.24, 2.45) is 0 Å². The van der Waals surface area contributed by atoms with Gasteiger partial charge in [-0.15, -0.1) is 0 Å². The highest BCUT2D eigenvalue weighted by Crippen LogP contribution is 2.54. The highest BCUT2D eigenvalue weighted by atomic mass is 28.3. The fourth-order valence-electron chi connectivity index (χ4n) is 21.2. The molecule has 0 aliphatic carbocycles. The summed E-state index contributed by atoms with van der Waals surface area (Å²) in [5.41, 5.74) is 22.3. The predicted molar refractivity (Wildman–Crippen MR) is 617 cm³/mol. The molecule has 24 rings (SSSR count). The number of hydrogen-bond donors (Lipinski definition) is 0. The molecule has 0 bridgehead atoms. The van der Waals surface area contributed by atoms with Crippen LogP contribution in [0.5, 0.6) is 0 Å². The summed E-state index contributed by atoms with van der Waals surface area (Å²) in [7, 11) is -4.66. The van der Waals surface area contributed by atoms with E-state index in [1.165, 1.54) is 120 Å².